The molecule has 0 radical (unpaired) electrons. The predicted octanol–water partition coefficient (Wildman–Crippen LogP) is 2.38. The second kappa shape index (κ2) is 9.82. The summed E-state index contributed by atoms with van der Waals surface area (Å²) in [5, 5.41) is 11.2. The fourth-order valence-electron chi connectivity index (χ4n) is 3.48. The average molecular weight is 420 g/mol. The molecule has 1 unspecified atom stereocenters. The molecule has 2 heterocycles. The predicted molar refractivity (Wildman–Crippen MR) is 108 cm³/mol. The molecule has 0 saturated heterocycles. The maximum atomic E-state index is 12.6. The van der Waals surface area contributed by atoms with E-state index in [1.54, 1.807) is 6.92 Å². The Morgan fingerprint density at radius 2 is 2.07 bits per heavy atom. The van der Waals surface area contributed by atoms with Gasteiger partial charge in [-0.3, -0.25) is 14.5 Å². The van der Waals surface area contributed by atoms with Crippen LogP contribution >= 0.6 is 11.8 Å². The number of nitrogens with zero attached hydrogens (tertiary/aromatic N) is 4. The van der Waals surface area contributed by atoms with Crippen LogP contribution in [0.4, 0.5) is 4.79 Å². The van der Waals surface area contributed by atoms with Crippen LogP contribution in [0, 0.1) is 5.92 Å². The summed E-state index contributed by atoms with van der Waals surface area (Å²) < 4.78 is 5.58. The molecule has 3 rings (SSSR count). The van der Waals surface area contributed by atoms with Gasteiger partial charge in [-0.15, -0.1) is 16.8 Å². The molecule has 4 amide bonds. The lowest BCUT2D eigenvalue weighted by Gasteiger charge is -2.27. The highest BCUT2D eigenvalue weighted by molar-refractivity contribution is 7.99. The van der Waals surface area contributed by atoms with Crippen LogP contribution in [0.3, 0.4) is 0 Å². The molecular weight excluding hydrogens is 394 g/mol. The first kappa shape index (κ1) is 21.2. The number of urea groups is 1. The van der Waals surface area contributed by atoms with Gasteiger partial charge in [0.1, 0.15) is 0 Å². The van der Waals surface area contributed by atoms with E-state index in [1.807, 2.05) is 0 Å². The third kappa shape index (κ3) is 5.53. The van der Waals surface area contributed by atoms with Crippen molar-refractivity contribution < 1.29 is 18.8 Å². The van der Waals surface area contributed by atoms with E-state index in [0.717, 1.165) is 30.6 Å². The van der Waals surface area contributed by atoms with Crippen molar-refractivity contribution in [1.29, 1.82) is 0 Å². The lowest BCUT2D eigenvalue weighted by Crippen LogP contribution is -2.46. The van der Waals surface area contributed by atoms with Gasteiger partial charge in [-0.1, -0.05) is 37.1 Å². The van der Waals surface area contributed by atoms with Gasteiger partial charge in [0.05, 0.1) is 11.7 Å². The van der Waals surface area contributed by atoms with E-state index in [1.165, 1.54) is 24.3 Å². The molecule has 1 fully saturated rings. The summed E-state index contributed by atoms with van der Waals surface area (Å²) in [6.45, 7) is 5.29. The number of aromatic nitrogens is 2. The first-order valence-corrected chi connectivity index (χ1v) is 10.7. The topological polar surface area (TPSA) is 118 Å². The SMILES string of the molecule is C=CCN1C(=O)N=C(C)C(Cc2nnc(SCC(=O)NC3CCCCC3)o2)C1=O. The van der Waals surface area contributed by atoms with Gasteiger partial charge in [0, 0.05) is 24.7 Å². The maximum absolute atomic E-state index is 12.6. The van der Waals surface area contributed by atoms with Gasteiger partial charge in [-0.25, -0.2) is 9.79 Å². The van der Waals surface area contributed by atoms with Crippen LogP contribution in [0.2, 0.25) is 0 Å². The molecule has 1 aromatic heterocycles. The molecule has 10 heteroatoms. The van der Waals surface area contributed by atoms with Gasteiger partial charge in [-0.2, -0.15) is 0 Å². The van der Waals surface area contributed by atoms with Crippen molar-refractivity contribution in [2.75, 3.05) is 12.3 Å². The first-order valence-electron chi connectivity index (χ1n) is 9.74. The molecule has 1 atom stereocenters. The summed E-state index contributed by atoms with van der Waals surface area (Å²) in [6, 6.07) is -0.328. The Morgan fingerprint density at radius 3 is 2.79 bits per heavy atom. The first-order chi connectivity index (χ1) is 14.0. The van der Waals surface area contributed by atoms with Crippen LogP contribution in [0.25, 0.3) is 0 Å². The van der Waals surface area contributed by atoms with E-state index < -0.39 is 11.9 Å². The van der Waals surface area contributed by atoms with E-state index in [0.29, 0.717) is 5.71 Å². The Kier molecular flexibility index (Phi) is 7.18. The zero-order valence-electron chi connectivity index (χ0n) is 16.4. The monoisotopic (exact) mass is 419 g/mol. The zero-order chi connectivity index (χ0) is 20.8. The summed E-state index contributed by atoms with van der Waals surface area (Å²) in [5.41, 5.74) is 0.416. The van der Waals surface area contributed by atoms with Gasteiger partial charge in [0.25, 0.3) is 5.22 Å². The smallest absolute Gasteiger partial charge is 0.350 e. The minimum Gasteiger partial charge on any atom is -0.416 e. The van der Waals surface area contributed by atoms with Crippen molar-refractivity contribution >= 4 is 35.3 Å². The van der Waals surface area contributed by atoms with Crippen molar-refractivity contribution in [2.45, 2.75) is 56.7 Å². The van der Waals surface area contributed by atoms with Crippen molar-refractivity contribution in [3.63, 3.8) is 0 Å². The van der Waals surface area contributed by atoms with Crippen LogP contribution in [0.1, 0.15) is 44.9 Å². The van der Waals surface area contributed by atoms with Crippen LogP contribution in [0.15, 0.2) is 27.3 Å². The second-order valence-corrected chi connectivity index (χ2v) is 8.11. The Bertz CT molecular complexity index is 815. The number of hydrogen-bond donors (Lipinski definition) is 1. The fourth-order valence-corrected chi connectivity index (χ4v) is 4.07. The molecule has 1 aliphatic heterocycles. The zero-order valence-corrected chi connectivity index (χ0v) is 17.2. The number of hydrogen-bond acceptors (Lipinski definition) is 7. The largest absolute Gasteiger partial charge is 0.416 e. The Labute approximate surface area is 173 Å². The molecule has 2 aliphatic rings. The van der Waals surface area contributed by atoms with Crippen LogP contribution in [-0.4, -0.2) is 57.0 Å². The summed E-state index contributed by atoms with van der Waals surface area (Å²) in [5.74, 6) is -0.586. The van der Waals surface area contributed by atoms with E-state index >= 15 is 0 Å². The molecule has 1 saturated carbocycles. The molecule has 1 aliphatic carbocycles. The highest BCUT2D eigenvalue weighted by Crippen LogP contribution is 2.22. The molecule has 0 aromatic carbocycles. The number of carbonyl (C=O) groups excluding carboxylic acids is 3. The van der Waals surface area contributed by atoms with E-state index in [4.69, 9.17) is 4.42 Å². The van der Waals surface area contributed by atoms with Crippen molar-refractivity contribution in [1.82, 2.24) is 20.4 Å². The second-order valence-electron chi connectivity index (χ2n) is 7.18. The highest BCUT2D eigenvalue weighted by Gasteiger charge is 2.36. The number of amides is 4. The van der Waals surface area contributed by atoms with Gasteiger partial charge in [-0.05, 0) is 19.8 Å². The maximum Gasteiger partial charge on any atom is 0.350 e. The van der Waals surface area contributed by atoms with Crippen LogP contribution in [0.5, 0.6) is 0 Å². The summed E-state index contributed by atoms with van der Waals surface area (Å²) in [7, 11) is 0. The summed E-state index contributed by atoms with van der Waals surface area (Å²) in [4.78, 5) is 41.5. The van der Waals surface area contributed by atoms with E-state index in [9.17, 15) is 14.4 Å². The molecule has 9 nitrogen and oxygen atoms in total. The average Bonchev–Trinajstić information content (AvgIpc) is 3.15. The lowest BCUT2D eigenvalue weighted by atomic mass is 9.95. The summed E-state index contributed by atoms with van der Waals surface area (Å²) >= 11 is 1.17. The molecule has 0 bridgehead atoms. The number of thioether (sulfide) groups is 1. The molecule has 0 spiro atoms. The highest BCUT2D eigenvalue weighted by atomic mass is 32.2. The van der Waals surface area contributed by atoms with Crippen LogP contribution in [-0.2, 0) is 16.0 Å². The van der Waals surface area contributed by atoms with Crippen molar-refractivity contribution in [3.8, 4) is 0 Å². The van der Waals surface area contributed by atoms with Gasteiger partial charge >= 0.3 is 6.03 Å². The van der Waals surface area contributed by atoms with Gasteiger partial charge < -0.3 is 9.73 Å². The summed E-state index contributed by atoms with van der Waals surface area (Å²) in [6.07, 6.45) is 7.23. The normalized spacial score (nSPS) is 20.5. The molecule has 29 heavy (non-hydrogen) atoms. The Morgan fingerprint density at radius 1 is 1.31 bits per heavy atom. The lowest BCUT2D eigenvalue weighted by molar-refractivity contribution is -0.130. The number of rotatable bonds is 8. The minimum atomic E-state index is -0.638. The number of carbonyl (C=O) groups is 3. The number of aliphatic imine (C=N–C) groups is 1. The Hall–Kier alpha value is -2.49. The standard InChI is InChI=1S/C19H25N5O4S/c1-3-9-24-17(26)14(12(2)20-18(24)27)10-16-22-23-19(28-16)29-11-15(25)21-13-7-5-4-6-8-13/h3,13-14H,1,4-11H2,2H3,(H,21,25). The minimum absolute atomic E-state index is 0.0503. The van der Waals surface area contributed by atoms with Crippen molar-refractivity contribution in [3.05, 3.63) is 18.5 Å². The van der Waals surface area contributed by atoms with Crippen molar-refractivity contribution in [2.24, 2.45) is 10.9 Å². The molecule has 156 valence electrons. The van der Waals surface area contributed by atoms with E-state index in [-0.39, 0.29) is 47.7 Å². The quantitative estimate of drug-likeness (QED) is 0.508. The molecule has 1 aromatic rings. The third-order valence-corrected chi connectivity index (χ3v) is 5.83. The Balaban J connectivity index is 1.53. The number of imide groups is 1. The van der Waals surface area contributed by atoms with Gasteiger partial charge in [0.15, 0.2) is 0 Å². The molecule has 1 N–H and O–H groups in total. The van der Waals surface area contributed by atoms with Crippen LogP contribution < -0.4 is 5.32 Å². The number of nitrogens with one attached hydrogen (secondary N) is 1. The molecular formula is C19H25N5O4S. The fraction of sp³-hybridized carbons (Fsp3) is 0.579. The van der Waals surface area contributed by atoms with E-state index in [2.05, 4.69) is 27.1 Å². The third-order valence-electron chi connectivity index (χ3n) is 5.01. The van der Waals surface area contributed by atoms with Gasteiger partial charge in [0.2, 0.25) is 17.7 Å².